The van der Waals surface area contributed by atoms with E-state index in [9.17, 15) is 13.2 Å². The topological polar surface area (TPSA) is 97.4 Å². The second-order valence-electron chi connectivity index (χ2n) is 6.42. The van der Waals surface area contributed by atoms with E-state index in [1.165, 1.54) is 18.9 Å². The Hall–Kier alpha value is -2.45. The van der Waals surface area contributed by atoms with Gasteiger partial charge in [0.15, 0.2) is 0 Å². The van der Waals surface area contributed by atoms with E-state index >= 15 is 0 Å². The number of nitrogens with one attached hydrogen (secondary N) is 2. The highest BCUT2D eigenvalue weighted by molar-refractivity contribution is 7.89. The molecule has 144 valence electrons. The molecule has 0 atom stereocenters. The maximum atomic E-state index is 12.5. The molecule has 1 aliphatic carbocycles. The molecule has 0 bridgehead atoms. The Balaban J connectivity index is 1.53. The smallest absolute Gasteiger partial charge is 0.240 e. The molecule has 0 saturated carbocycles. The molecule has 27 heavy (non-hydrogen) atoms. The Labute approximate surface area is 159 Å². The minimum atomic E-state index is -3.63. The van der Waals surface area contributed by atoms with Crippen molar-refractivity contribution in [2.75, 3.05) is 19.0 Å². The minimum Gasteiger partial charge on any atom is -0.481 e. The summed E-state index contributed by atoms with van der Waals surface area (Å²) in [7, 11) is -2.12. The molecule has 0 fully saturated rings. The lowest BCUT2D eigenvalue weighted by Gasteiger charge is -2.16. The van der Waals surface area contributed by atoms with Gasteiger partial charge in [-0.2, -0.15) is 0 Å². The number of carbonyl (C=O) groups is 1. The number of benzene rings is 1. The predicted octanol–water partition coefficient (Wildman–Crippen LogP) is 2.28. The average Bonchev–Trinajstić information content (AvgIpc) is 2.68. The van der Waals surface area contributed by atoms with Crippen LogP contribution in [0.15, 0.2) is 41.4 Å². The van der Waals surface area contributed by atoms with E-state index in [0.29, 0.717) is 11.6 Å². The summed E-state index contributed by atoms with van der Waals surface area (Å²) in [6.45, 7) is 0.0227. The van der Waals surface area contributed by atoms with Crippen LogP contribution in [0.4, 0.5) is 5.69 Å². The Bertz CT molecular complexity index is 911. The molecular formula is C19H23N3O4S. The first-order valence-corrected chi connectivity index (χ1v) is 10.4. The van der Waals surface area contributed by atoms with Gasteiger partial charge in [-0.3, -0.25) is 4.79 Å². The number of ether oxygens (including phenoxy) is 1. The number of nitrogens with zero attached hydrogens (tertiary/aromatic N) is 1. The highest BCUT2D eigenvalue weighted by atomic mass is 32.2. The standard InChI is InChI=1S/C19H23N3O4S/c1-26-19-9-7-16(13-20-19)22-18(23)10-11-21-27(24,25)17-8-6-14-4-2-3-5-15(14)12-17/h6-9,12-13,21H,2-5,10-11H2,1H3,(H,22,23). The van der Waals surface area contributed by atoms with Crippen LogP contribution < -0.4 is 14.8 Å². The minimum absolute atomic E-state index is 0.0227. The van der Waals surface area contributed by atoms with E-state index in [4.69, 9.17) is 4.74 Å². The maximum absolute atomic E-state index is 12.5. The van der Waals surface area contributed by atoms with E-state index in [1.54, 1.807) is 24.3 Å². The van der Waals surface area contributed by atoms with E-state index in [1.807, 2.05) is 6.07 Å². The van der Waals surface area contributed by atoms with Crippen molar-refractivity contribution in [1.82, 2.24) is 9.71 Å². The van der Waals surface area contributed by atoms with Crippen LogP contribution in [-0.2, 0) is 27.7 Å². The Morgan fingerprint density at radius 3 is 2.63 bits per heavy atom. The number of anilines is 1. The van der Waals surface area contributed by atoms with Crippen LogP contribution in [0, 0.1) is 0 Å². The summed E-state index contributed by atoms with van der Waals surface area (Å²) in [5.41, 5.74) is 2.86. The number of carbonyl (C=O) groups excluding carboxylic acids is 1. The zero-order valence-electron chi connectivity index (χ0n) is 15.2. The number of aryl methyl sites for hydroxylation is 2. The highest BCUT2D eigenvalue weighted by Gasteiger charge is 2.17. The van der Waals surface area contributed by atoms with Crippen molar-refractivity contribution >= 4 is 21.6 Å². The maximum Gasteiger partial charge on any atom is 0.240 e. The van der Waals surface area contributed by atoms with Crippen molar-refractivity contribution in [2.45, 2.75) is 37.0 Å². The van der Waals surface area contributed by atoms with Crippen molar-refractivity contribution in [3.63, 3.8) is 0 Å². The van der Waals surface area contributed by atoms with Crippen LogP contribution in [0.5, 0.6) is 5.88 Å². The summed E-state index contributed by atoms with van der Waals surface area (Å²) in [6.07, 6.45) is 5.66. The normalized spacial score (nSPS) is 13.7. The molecule has 0 saturated heterocycles. The lowest BCUT2D eigenvalue weighted by molar-refractivity contribution is -0.116. The van der Waals surface area contributed by atoms with Gasteiger partial charge in [-0.25, -0.2) is 18.1 Å². The zero-order chi connectivity index (χ0) is 19.3. The molecule has 7 nitrogen and oxygen atoms in total. The van der Waals surface area contributed by atoms with Gasteiger partial charge in [0.2, 0.25) is 21.8 Å². The van der Waals surface area contributed by atoms with Crippen LogP contribution in [0.1, 0.15) is 30.4 Å². The van der Waals surface area contributed by atoms with E-state index < -0.39 is 10.0 Å². The fourth-order valence-electron chi connectivity index (χ4n) is 3.06. The number of fused-ring (bicyclic) bond motifs is 1. The molecule has 0 aliphatic heterocycles. The largest absolute Gasteiger partial charge is 0.481 e. The number of methoxy groups -OCH3 is 1. The second kappa shape index (κ2) is 8.49. The number of pyridine rings is 1. The molecule has 1 aliphatic rings. The molecule has 0 radical (unpaired) electrons. The third-order valence-corrected chi connectivity index (χ3v) is 5.96. The van der Waals surface area contributed by atoms with E-state index in [0.717, 1.165) is 31.2 Å². The lowest BCUT2D eigenvalue weighted by atomic mass is 9.92. The summed E-state index contributed by atoms with van der Waals surface area (Å²) in [6, 6.07) is 8.58. The number of amides is 1. The first-order chi connectivity index (χ1) is 13.0. The summed E-state index contributed by atoms with van der Waals surface area (Å²) in [4.78, 5) is 16.2. The molecule has 8 heteroatoms. The molecule has 3 rings (SSSR count). The molecule has 0 unspecified atom stereocenters. The van der Waals surface area contributed by atoms with Gasteiger partial charge in [0.1, 0.15) is 0 Å². The number of aromatic nitrogens is 1. The van der Waals surface area contributed by atoms with Crippen molar-refractivity contribution in [1.29, 1.82) is 0 Å². The molecule has 2 aromatic rings. The number of sulfonamides is 1. The Kier molecular flexibility index (Phi) is 6.08. The van der Waals surface area contributed by atoms with E-state index in [-0.39, 0.29) is 23.8 Å². The van der Waals surface area contributed by atoms with Crippen molar-refractivity contribution in [3.05, 3.63) is 47.7 Å². The molecule has 1 heterocycles. The van der Waals surface area contributed by atoms with Gasteiger partial charge in [0.05, 0.1) is 23.9 Å². The summed E-state index contributed by atoms with van der Waals surface area (Å²) < 4.78 is 32.4. The van der Waals surface area contributed by atoms with Crippen LogP contribution in [-0.4, -0.2) is 33.0 Å². The van der Waals surface area contributed by atoms with Gasteiger partial charge in [-0.05, 0) is 55.0 Å². The number of rotatable bonds is 7. The molecule has 1 amide bonds. The summed E-state index contributed by atoms with van der Waals surface area (Å²) in [5, 5.41) is 2.67. The second-order valence-corrected chi connectivity index (χ2v) is 8.19. The van der Waals surface area contributed by atoms with Crippen molar-refractivity contribution in [2.24, 2.45) is 0 Å². The first-order valence-electron chi connectivity index (χ1n) is 8.89. The average molecular weight is 389 g/mol. The van der Waals surface area contributed by atoms with Gasteiger partial charge < -0.3 is 10.1 Å². The van der Waals surface area contributed by atoms with E-state index in [2.05, 4.69) is 15.0 Å². The third-order valence-electron chi connectivity index (χ3n) is 4.50. The van der Waals surface area contributed by atoms with Crippen molar-refractivity contribution in [3.8, 4) is 5.88 Å². The monoisotopic (exact) mass is 389 g/mol. The lowest BCUT2D eigenvalue weighted by Crippen LogP contribution is -2.28. The first kappa shape index (κ1) is 19.3. The van der Waals surface area contributed by atoms with Gasteiger partial charge in [-0.1, -0.05) is 6.07 Å². The van der Waals surface area contributed by atoms with Gasteiger partial charge in [0, 0.05) is 19.0 Å². The predicted molar refractivity (Wildman–Crippen MR) is 102 cm³/mol. The molecule has 0 spiro atoms. The summed E-state index contributed by atoms with van der Waals surface area (Å²) >= 11 is 0. The van der Waals surface area contributed by atoms with Crippen LogP contribution >= 0.6 is 0 Å². The highest BCUT2D eigenvalue weighted by Crippen LogP contribution is 2.24. The van der Waals surface area contributed by atoms with Crippen LogP contribution in [0.25, 0.3) is 0 Å². The molecule has 1 aromatic heterocycles. The Morgan fingerprint density at radius 2 is 1.93 bits per heavy atom. The van der Waals surface area contributed by atoms with Crippen molar-refractivity contribution < 1.29 is 17.9 Å². The number of hydrogen-bond acceptors (Lipinski definition) is 5. The third kappa shape index (κ3) is 5.05. The number of hydrogen-bond donors (Lipinski definition) is 2. The molecular weight excluding hydrogens is 366 g/mol. The zero-order valence-corrected chi connectivity index (χ0v) is 16.0. The SMILES string of the molecule is COc1ccc(NC(=O)CCNS(=O)(=O)c2ccc3c(c2)CCCC3)cn1. The molecule has 1 aromatic carbocycles. The van der Waals surface area contributed by atoms with Crippen LogP contribution in [0.3, 0.4) is 0 Å². The fourth-order valence-corrected chi connectivity index (χ4v) is 4.14. The fraction of sp³-hybridized carbons (Fsp3) is 0.368. The van der Waals surface area contributed by atoms with Crippen LogP contribution in [0.2, 0.25) is 0 Å². The Morgan fingerprint density at radius 1 is 1.15 bits per heavy atom. The van der Waals surface area contributed by atoms with Gasteiger partial charge in [-0.15, -0.1) is 0 Å². The van der Waals surface area contributed by atoms with Gasteiger partial charge in [0.25, 0.3) is 0 Å². The summed E-state index contributed by atoms with van der Waals surface area (Å²) in [5.74, 6) is 0.154. The quantitative estimate of drug-likeness (QED) is 0.757. The molecule has 2 N–H and O–H groups in total. The van der Waals surface area contributed by atoms with Gasteiger partial charge >= 0.3 is 0 Å².